The van der Waals surface area contributed by atoms with Crippen molar-refractivity contribution >= 4 is 0 Å². The van der Waals surface area contributed by atoms with Crippen molar-refractivity contribution in [2.24, 2.45) is 0 Å². The smallest absolute Gasteiger partial charge is 0.0645 e. The highest BCUT2D eigenvalue weighted by Gasteiger charge is 2.32. The van der Waals surface area contributed by atoms with E-state index < -0.39 is 0 Å². The summed E-state index contributed by atoms with van der Waals surface area (Å²) in [5.74, 6) is 0. The summed E-state index contributed by atoms with van der Waals surface area (Å²) in [5, 5.41) is 3.50. The molecule has 1 unspecified atom stereocenters. The maximum Gasteiger partial charge on any atom is 0.0645 e. The van der Waals surface area contributed by atoms with Crippen molar-refractivity contribution in [3.05, 3.63) is 0 Å². The number of nitrogens with one attached hydrogen (secondary N) is 1. The zero-order valence-electron chi connectivity index (χ0n) is 9.79. The molecule has 0 aromatic rings. The monoisotopic (exact) mass is 214 g/mol. The molecule has 4 nitrogen and oxygen atoms in total. The van der Waals surface area contributed by atoms with E-state index in [1.54, 1.807) is 0 Å². The number of hydrogen-bond acceptors (Lipinski definition) is 4. The average molecular weight is 214 g/mol. The Balaban J connectivity index is 1.85. The predicted octanol–water partition coefficient (Wildman–Crippen LogP) is 0.0856. The molecule has 0 aromatic carbocycles. The lowest BCUT2D eigenvalue weighted by molar-refractivity contribution is -0.0613. The van der Waals surface area contributed by atoms with Crippen LogP contribution in [0.25, 0.3) is 0 Å². The van der Waals surface area contributed by atoms with Crippen LogP contribution in [0.4, 0.5) is 0 Å². The van der Waals surface area contributed by atoms with Crippen LogP contribution < -0.4 is 5.32 Å². The number of nitrogens with zero attached hydrogens (tertiary/aromatic N) is 1. The van der Waals surface area contributed by atoms with Gasteiger partial charge in [0.15, 0.2) is 0 Å². The Kier molecular flexibility index (Phi) is 3.61. The molecular weight excluding hydrogens is 192 g/mol. The molecule has 4 heteroatoms. The largest absolute Gasteiger partial charge is 0.378 e. The Morgan fingerprint density at radius 2 is 2.20 bits per heavy atom. The highest BCUT2D eigenvalue weighted by molar-refractivity contribution is 4.87. The third kappa shape index (κ3) is 2.91. The van der Waals surface area contributed by atoms with Crippen LogP contribution in [-0.2, 0) is 9.47 Å². The van der Waals surface area contributed by atoms with E-state index in [1.165, 1.54) is 0 Å². The van der Waals surface area contributed by atoms with Crippen molar-refractivity contribution in [3.8, 4) is 0 Å². The number of ether oxygens (including phenoxy) is 2. The van der Waals surface area contributed by atoms with E-state index in [-0.39, 0.29) is 5.54 Å². The van der Waals surface area contributed by atoms with Gasteiger partial charge in [0, 0.05) is 31.2 Å². The van der Waals surface area contributed by atoms with Gasteiger partial charge in [0.05, 0.1) is 26.4 Å². The summed E-state index contributed by atoms with van der Waals surface area (Å²) in [4.78, 5) is 2.50. The molecule has 1 N–H and O–H groups in total. The van der Waals surface area contributed by atoms with Gasteiger partial charge in [-0.2, -0.15) is 0 Å². The summed E-state index contributed by atoms with van der Waals surface area (Å²) in [6, 6.07) is 0.483. The van der Waals surface area contributed by atoms with Crippen LogP contribution in [0, 0.1) is 0 Å². The van der Waals surface area contributed by atoms with Gasteiger partial charge in [-0.1, -0.05) is 0 Å². The van der Waals surface area contributed by atoms with E-state index in [0.29, 0.717) is 6.04 Å². The first kappa shape index (κ1) is 11.3. The summed E-state index contributed by atoms with van der Waals surface area (Å²) in [6.45, 7) is 11.0. The first-order valence-corrected chi connectivity index (χ1v) is 5.82. The summed E-state index contributed by atoms with van der Waals surface area (Å²) in [6.07, 6.45) is 0. The summed E-state index contributed by atoms with van der Waals surface area (Å²) >= 11 is 0. The lowest BCUT2D eigenvalue weighted by atomic mass is 10.0. The maximum absolute atomic E-state index is 5.51. The molecule has 2 aliphatic heterocycles. The van der Waals surface area contributed by atoms with Crippen LogP contribution in [0.5, 0.6) is 0 Å². The van der Waals surface area contributed by atoms with Crippen LogP contribution in [0.15, 0.2) is 0 Å². The molecule has 0 saturated carbocycles. The topological polar surface area (TPSA) is 33.7 Å². The van der Waals surface area contributed by atoms with E-state index >= 15 is 0 Å². The van der Waals surface area contributed by atoms with E-state index in [0.717, 1.165) is 46.1 Å². The Morgan fingerprint density at radius 3 is 2.87 bits per heavy atom. The molecule has 2 fully saturated rings. The van der Waals surface area contributed by atoms with Gasteiger partial charge in [-0.25, -0.2) is 0 Å². The maximum atomic E-state index is 5.51. The van der Waals surface area contributed by atoms with Crippen LogP contribution >= 0.6 is 0 Å². The molecule has 2 aliphatic rings. The highest BCUT2D eigenvalue weighted by Crippen LogP contribution is 2.19. The minimum absolute atomic E-state index is 0.164. The summed E-state index contributed by atoms with van der Waals surface area (Å²) in [5.41, 5.74) is 0.164. The SMILES string of the molecule is CC1(C)COCCN1CC1COCCN1. The van der Waals surface area contributed by atoms with Gasteiger partial charge in [-0.05, 0) is 13.8 Å². The fourth-order valence-electron chi connectivity index (χ4n) is 2.23. The summed E-state index contributed by atoms with van der Waals surface area (Å²) in [7, 11) is 0. The number of morpholine rings is 2. The molecule has 0 amide bonds. The minimum Gasteiger partial charge on any atom is -0.378 e. The van der Waals surface area contributed by atoms with Crippen molar-refractivity contribution in [2.45, 2.75) is 25.4 Å². The highest BCUT2D eigenvalue weighted by atomic mass is 16.5. The van der Waals surface area contributed by atoms with Crippen molar-refractivity contribution in [1.29, 1.82) is 0 Å². The molecule has 0 radical (unpaired) electrons. The first-order valence-electron chi connectivity index (χ1n) is 5.82. The molecule has 88 valence electrons. The second-order valence-corrected chi connectivity index (χ2v) is 5.04. The van der Waals surface area contributed by atoms with E-state index in [1.807, 2.05) is 0 Å². The Morgan fingerprint density at radius 1 is 1.33 bits per heavy atom. The van der Waals surface area contributed by atoms with Crippen molar-refractivity contribution in [3.63, 3.8) is 0 Å². The average Bonchev–Trinajstić information content (AvgIpc) is 2.23. The van der Waals surface area contributed by atoms with Gasteiger partial charge < -0.3 is 14.8 Å². The molecule has 15 heavy (non-hydrogen) atoms. The van der Waals surface area contributed by atoms with E-state index in [4.69, 9.17) is 9.47 Å². The fraction of sp³-hybridized carbons (Fsp3) is 1.00. The molecule has 1 atom stereocenters. The first-order chi connectivity index (χ1) is 7.18. The van der Waals surface area contributed by atoms with Gasteiger partial charge in [0.25, 0.3) is 0 Å². The van der Waals surface area contributed by atoms with Crippen molar-refractivity contribution < 1.29 is 9.47 Å². The Bertz CT molecular complexity index is 203. The zero-order valence-corrected chi connectivity index (χ0v) is 9.79. The molecule has 2 saturated heterocycles. The third-order valence-electron chi connectivity index (χ3n) is 3.26. The Labute approximate surface area is 91.9 Å². The molecule has 0 spiro atoms. The third-order valence-corrected chi connectivity index (χ3v) is 3.26. The van der Waals surface area contributed by atoms with Gasteiger partial charge in [-0.15, -0.1) is 0 Å². The zero-order chi connectivity index (χ0) is 10.7. The lowest BCUT2D eigenvalue weighted by Crippen LogP contribution is -2.58. The molecule has 0 aromatic heterocycles. The number of hydrogen-bond donors (Lipinski definition) is 1. The second kappa shape index (κ2) is 4.78. The normalized spacial score (nSPS) is 32.8. The van der Waals surface area contributed by atoms with Crippen LogP contribution in [0.2, 0.25) is 0 Å². The van der Waals surface area contributed by atoms with Crippen molar-refractivity contribution in [1.82, 2.24) is 10.2 Å². The molecule has 2 heterocycles. The molecule has 0 aliphatic carbocycles. The fourth-order valence-corrected chi connectivity index (χ4v) is 2.23. The second-order valence-electron chi connectivity index (χ2n) is 5.04. The van der Waals surface area contributed by atoms with Gasteiger partial charge in [0.2, 0.25) is 0 Å². The van der Waals surface area contributed by atoms with Gasteiger partial charge in [0.1, 0.15) is 0 Å². The van der Waals surface area contributed by atoms with Crippen LogP contribution in [0.3, 0.4) is 0 Å². The van der Waals surface area contributed by atoms with Crippen LogP contribution in [0.1, 0.15) is 13.8 Å². The van der Waals surface area contributed by atoms with Gasteiger partial charge in [-0.3, -0.25) is 4.90 Å². The van der Waals surface area contributed by atoms with E-state index in [9.17, 15) is 0 Å². The lowest BCUT2D eigenvalue weighted by Gasteiger charge is -2.44. The van der Waals surface area contributed by atoms with Crippen molar-refractivity contribution in [2.75, 3.05) is 46.1 Å². The van der Waals surface area contributed by atoms with Crippen LogP contribution in [-0.4, -0.2) is 62.5 Å². The minimum atomic E-state index is 0.164. The molecular formula is C11H22N2O2. The summed E-state index contributed by atoms with van der Waals surface area (Å²) < 4.78 is 11.0. The quantitative estimate of drug-likeness (QED) is 0.706. The van der Waals surface area contributed by atoms with E-state index in [2.05, 4.69) is 24.1 Å². The van der Waals surface area contributed by atoms with Gasteiger partial charge >= 0.3 is 0 Å². The molecule has 2 rings (SSSR count). The standard InChI is InChI=1S/C11H22N2O2/c1-11(2)9-15-6-4-13(11)7-10-8-14-5-3-12-10/h10,12H,3-9H2,1-2H3. The predicted molar refractivity (Wildman–Crippen MR) is 59.1 cm³/mol. The molecule has 0 bridgehead atoms. The number of rotatable bonds is 2. The Hall–Kier alpha value is -0.160.